The lowest BCUT2D eigenvalue weighted by atomic mass is 9.77. The molecule has 0 aromatic heterocycles. The Bertz CT molecular complexity index is 506. The van der Waals surface area contributed by atoms with Gasteiger partial charge in [-0.1, -0.05) is 32.9 Å². The molecule has 2 bridgehead atoms. The first-order valence-corrected chi connectivity index (χ1v) is 11.8. The van der Waals surface area contributed by atoms with E-state index in [1.165, 1.54) is 18.4 Å². The number of hydrogen-bond donors (Lipinski definition) is 5. The van der Waals surface area contributed by atoms with Crippen molar-refractivity contribution in [3.8, 4) is 0 Å². The first-order chi connectivity index (χ1) is 13.9. The van der Waals surface area contributed by atoms with Crippen molar-refractivity contribution in [2.75, 3.05) is 52.4 Å². The first kappa shape index (κ1) is 26.0. The van der Waals surface area contributed by atoms with Crippen molar-refractivity contribution in [1.29, 1.82) is 0 Å². The van der Waals surface area contributed by atoms with Gasteiger partial charge in [-0.2, -0.15) is 0 Å². The molecule has 4 aliphatic heterocycles. The van der Waals surface area contributed by atoms with Gasteiger partial charge in [0.2, 0.25) is 0 Å². The van der Waals surface area contributed by atoms with E-state index in [1.807, 2.05) is 0 Å². The molecule has 5 fully saturated rings. The summed E-state index contributed by atoms with van der Waals surface area (Å²) in [5, 5.41) is 23.7. The molecule has 1 spiro atoms. The average Bonchev–Trinajstić information content (AvgIpc) is 3.20. The molecule has 4 saturated heterocycles. The quantitative estimate of drug-likeness (QED) is 0.397. The maximum absolute atomic E-state index is 10.8. The Labute approximate surface area is 189 Å². The van der Waals surface area contributed by atoms with Crippen LogP contribution < -0.4 is 21.3 Å². The number of halogens is 1. The number of hydrogen-bond acceptors (Lipinski definition) is 6. The third kappa shape index (κ3) is 5.77. The minimum Gasteiger partial charge on any atom is -0.365 e. The van der Waals surface area contributed by atoms with Crippen LogP contribution in [0.3, 0.4) is 0 Å². The standard InChI is InChI=1S/C15H24O2.2C4H10N2.ClH/c1-9(2)13-8-14-11(4)5-6-12(14)10(3)7-15(13,16)17-14;2*1-2-6-4-3-5-1;/h9,11-13,16H,3,5-8H2,1-2,4H3;2*5-6H,1-4H2;1H/t11-,12-,13-,14-,15-;;;/m0.../s1. The maximum Gasteiger partial charge on any atom is 0.173 e. The molecule has 5 aliphatic rings. The van der Waals surface area contributed by atoms with Gasteiger partial charge < -0.3 is 31.1 Å². The van der Waals surface area contributed by atoms with Crippen LogP contribution in [0.4, 0.5) is 0 Å². The third-order valence-corrected chi connectivity index (χ3v) is 7.49. The van der Waals surface area contributed by atoms with Gasteiger partial charge in [0.1, 0.15) is 0 Å². The summed E-state index contributed by atoms with van der Waals surface area (Å²) < 4.78 is 6.25. The highest BCUT2D eigenvalue weighted by atomic mass is 35.5. The Morgan fingerprint density at radius 2 is 1.40 bits per heavy atom. The fourth-order valence-electron chi connectivity index (χ4n) is 5.84. The van der Waals surface area contributed by atoms with E-state index in [1.54, 1.807) is 0 Å². The van der Waals surface area contributed by atoms with Crippen molar-refractivity contribution in [2.24, 2.45) is 23.7 Å². The van der Waals surface area contributed by atoms with E-state index < -0.39 is 5.79 Å². The Kier molecular flexibility index (Phi) is 10.1. The van der Waals surface area contributed by atoms with E-state index in [0.717, 1.165) is 58.8 Å². The van der Waals surface area contributed by atoms with Crippen molar-refractivity contribution in [2.45, 2.75) is 57.8 Å². The molecule has 5 atom stereocenters. The van der Waals surface area contributed by atoms with Gasteiger partial charge in [0.15, 0.2) is 5.79 Å². The summed E-state index contributed by atoms with van der Waals surface area (Å²) >= 11 is 0. The van der Waals surface area contributed by atoms with Crippen LogP contribution in [0.1, 0.15) is 46.5 Å². The van der Waals surface area contributed by atoms with Crippen LogP contribution in [0.15, 0.2) is 12.2 Å². The van der Waals surface area contributed by atoms with Crippen LogP contribution in [0.25, 0.3) is 0 Å². The van der Waals surface area contributed by atoms with Crippen molar-refractivity contribution < 1.29 is 9.84 Å². The summed E-state index contributed by atoms with van der Waals surface area (Å²) in [4.78, 5) is 0. The Morgan fingerprint density at radius 3 is 1.80 bits per heavy atom. The molecule has 0 amide bonds. The molecule has 6 nitrogen and oxygen atoms in total. The lowest BCUT2D eigenvalue weighted by Gasteiger charge is -2.43. The van der Waals surface area contributed by atoms with E-state index in [0.29, 0.717) is 24.2 Å². The van der Waals surface area contributed by atoms with Crippen molar-refractivity contribution in [3.05, 3.63) is 12.2 Å². The molecule has 4 heterocycles. The second-order valence-electron chi connectivity index (χ2n) is 9.82. The molecule has 176 valence electrons. The van der Waals surface area contributed by atoms with Crippen molar-refractivity contribution in [1.82, 2.24) is 21.3 Å². The second-order valence-corrected chi connectivity index (χ2v) is 9.82. The van der Waals surface area contributed by atoms with E-state index in [9.17, 15) is 5.11 Å². The highest BCUT2D eigenvalue weighted by Gasteiger charge is 2.66. The van der Waals surface area contributed by atoms with Gasteiger partial charge >= 0.3 is 0 Å². The predicted molar refractivity (Wildman–Crippen MR) is 126 cm³/mol. The van der Waals surface area contributed by atoms with Gasteiger partial charge in [-0.05, 0) is 31.1 Å². The van der Waals surface area contributed by atoms with Gasteiger partial charge in [-0.15, -0.1) is 12.4 Å². The largest absolute Gasteiger partial charge is 0.365 e. The van der Waals surface area contributed by atoms with Crippen molar-refractivity contribution >= 4 is 12.4 Å². The number of fused-ring (bicyclic) bond motifs is 1. The van der Waals surface area contributed by atoms with Gasteiger partial charge in [-0.3, -0.25) is 0 Å². The number of aliphatic hydroxyl groups is 1. The molecular weight excluding hydrogens is 400 g/mol. The van der Waals surface area contributed by atoms with E-state index in [-0.39, 0.29) is 23.9 Å². The third-order valence-electron chi connectivity index (χ3n) is 7.49. The molecule has 1 saturated carbocycles. The zero-order valence-electron chi connectivity index (χ0n) is 19.3. The van der Waals surface area contributed by atoms with Crippen LogP contribution in [-0.4, -0.2) is 68.9 Å². The maximum atomic E-state index is 10.8. The van der Waals surface area contributed by atoms with Gasteiger partial charge in [0, 0.05) is 70.6 Å². The van der Waals surface area contributed by atoms with Gasteiger partial charge in [0.25, 0.3) is 0 Å². The van der Waals surface area contributed by atoms with Crippen LogP contribution >= 0.6 is 12.4 Å². The minimum absolute atomic E-state index is 0. The topological polar surface area (TPSA) is 77.6 Å². The van der Waals surface area contributed by atoms with E-state index in [4.69, 9.17) is 4.74 Å². The number of ether oxygens (including phenoxy) is 1. The summed E-state index contributed by atoms with van der Waals surface area (Å²) in [6.07, 6.45) is 4.08. The summed E-state index contributed by atoms with van der Waals surface area (Å²) in [6.45, 7) is 20.0. The van der Waals surface area contributed by atoms with Crippen LogP contribution in [0.5, 0.6) is 0 Å². The first-order valence-electron chi connectivity index (χ1n) is 11.8. The summed E-state index contributed by atoms with van der Waals surface area (Å²) in [5.74, 6) is 0.852. The molecule has 30 heavy (non-hydrogen) atoms. The monoisotopic (exact) mass is 444 g/mol. The molecule has 0 aromatic carbocycles. The second kappa shape index (κ2) is 11.6. The Hall–Kier alpha value is -0.210. The molecule has 0 aromatic rings. The average molecular weight is 445 g/mol. The molecular formula is C23H45ClN4O2. The van der Waals surface area contributed by atoms with E-state index in [2.05, 4.69) is 48.6 Å². The highest BCUT2D eigenvalue weighted by Crippen LogP contribution is 2.63. The number of nitrogens with one attached hydrogen (secondary N) is 4. The smallest absolute Gasteiger partial charge is 0.173 e. The number of piperazine rings is 2. The Balaban J connectivity index is 0.000000203. The molecule has 0 radical (unpaired) electrons. The minimum atomic E-state index is -0.930. The molecule has 5 N–H and O–H groups in total. The Morgan fingerprint density at radius 1 is 0.933 bits per heavy atom. The summed E-state index contributed by atoms with van der Waals surface area (Å²) in [5.41, 5.74) is 1.13. The molecule has 7 heteroatoms. The molecule has 1 aliphatic carbocycles. The van der Waals surface area contributed by atoms with Crippen molar-refractivity contribution in [3.63, 3.8) is 0 Å². The predicted octanol–water partition coefficient (Wildman–Crippen LogP) is 1.89. The number of rotatable bonds is 1. The SMILES string of the molecule is C1CNCCN1.C1CNCCN1.C=C1C[C@]2(O)O[C@@]3(C[C@H]2C(C)C)[C@@H](C)CC[C@@H]13.Cl. The van der Waals surface area contributed by atoms with Crippen LogP contribution in [0, 0.1) is 23.7 Å². The molecule has 5 rings (SSSR count). The van der Waals surface area contributed by atoms with Gasteiger partial charge in [0.05, 0.1) is 5.60 Å². The summed E-state index contributed by atoms with van der Waals surface area (Å²) in [7, 11) is 0. The summed E-state index contributed by atoms with van der Waals surface area (Å²) in [6, 6.07) is 0. The fourth-order valence-corrected chi connectivity index (χ4v) is 5.84. The lowest BCUT2D eigenvalue weighted by Crippen LogP contribution is -2.48. The normalized spacial score (nSPS) is 39.8. The molecule has 0 unspecified atom stereocenters. The zero-order valence-corrected chi connectivity index (χ0v) is 20.1. The van der Waals surface area contributed by atoms with E-state index >= 15 is 0 Å². The van der Waals surface area contributed by atoms with Crippen LogP contribution in [0.2, 0.25) is 0 Å². The lowest BCUT2D eigenvalue weighted by molar-refractivity contribution is -0.269. The fraction of sp³-hybridized carbons (Fsp3) is 0.913. The van der Waals surface area contributed by atoms with Crippen LogP contribution in [-0.2, 0) is 4.74 Å². The zero-order chi connectivity index (χ0) is 20.9. The highest BCUT2D eigenvalue weighted by molar-refractivity contribution is 5.85. The van der Waals surface area contributed by atoms with Gasteiger partial charge in [-0.25, -0.2) is 0 Å².